The lowest BCUT2D eigenvalue weighted by Crippen LogP contribution is -2.28. The monoisotopic (exact) mass is 280 g/mol. The van der Waals surface area contributed by atoms with Gasteiger partial charge in [0.25, 0.3) is 0 Å². The summed E-state index contributed by atoms with van der Waals surface area (Å²) in [4.78, 5) is 2.54. The molecule has 0 bridgehead atoms. The Morgan fingerprint density at radius 2 is 1.79 bits per heavy atom. The molecule has 1 aromatic rings. The molecule has 1 heterocycles. The summed E-state index contributed by atoms with van der Waals surface area (Å²) >= 11 is 6.15. The third-order valence-electron chi connectivity index (χ3n) is 3.80. The summed E-state index contributed by atoms with van der Waals surface area (Å²) in [6, 6.07) is 6.32. The Morgan fingerprint density at radius 3 is 2.47 bits per heavy atom. The zero-order valence-corrected chi connectivity index (χ0v) is 12.7. The fourth-order valence-corrected chi connectivity index (χ4v) is 2.95. The van der Waals surface area contributed by atoms with Crippen LogP contribution in [0.3, 0.4) is 0 Å². The minimum absolute atomic E-state index is 0.837. The van der Waals surface area contributed by atoms with E-state index in [4.69, 9.17) is 11.6 Å². The van der Waals surface area contributed by atoms with Crippen LogP contribution in [0.4, 0.5) is 5.69 Å². The summed E-state index contributed by atoms with van der Waals surface area (Å²) in [5.41, 5.74) is 2.70. The molecule has 3 heteroatoms. The van der Waals surface area contributed by atoms with Gasteiger partial charge in [-0.15, -0.1) is 0 Å². The number of hydrogen-bond donors (Lipinski definition) is 1. The minimum atomic E-state index is 0.837. The van der Waals surface area contributed by atoms with Gasteiger partial charge in [-0.3, -0.25) is 0 Å². The van der Waals surface area contributed by atoms with Crippen molar-refractivity contribution in [3.05, 3.63) is 28.8 Å². The average molecular weight is 281 g/mol. The third kappa shape index (κ3) is 4.39. The topological polar surface area (TPSA) is 15.3 Å². The van der Waals surface area contributed by atoms with Crippen LogP contribution in [0.15, 0.2) is 18.2 Å². The molecule has 1 N–H and O–H groups in total. The summed E-state index contributed by atoms with van der Waals surface area (Å²) in [7, 11) is 0. The molecular weight excluding hydrogens is 256 g/mol. The van der Waals surface area contributed by atoms with Crippen LogP contribution in [0.5, 0.6) is 0 Å². The van der Waals surface area contributed by atoms with E-state index < -0.39 is 0 Å². The maximum absolute atomic E-state index is 6.15. The van der Waals surface area contributed by atoms with E-state index in [-0.39, 0.29) is 0 Å². The SMILES string of the molecule is CCNCc1cc(Cl)ccc1N1CCCCCCC1. The lowest BCUT2D eigenvalue weighted by Gasteiger charge is -2.29. The second-order valence-electron chi connectivity index (χ2n) is 5.31. The lowest BCUT2D eigenvalue weighted by molar-refractivity contribution is 0.555. The molecule has 0 unspecified atom stereocenters. The molecule has 1 aromatic carbocycles. The molecule has 0 aromatic heterocycles. The predicted octanol–water partition coefficient (Wildman–Crippen LogP) is 4.22. The molecule has 1 aliphatic rings. The highest BCUT2D eigenvalue weighted by atomic mass is 35.5. The minimum Gasteiger partial charge on any atom is -0.371 e. The molecule has 0 saturated carbocycles. The largest absolute Gasteiger partial charge is 0.371 e. The first-order chi connectivity index (χ1) is 9.31. The van der Waals surface area contributed by atoms with Crippen molar-refractivity contribution in [2.75, 3.05) is 24.5 Å². The number of anilines is 1. The van der Waals surface area contributed by atoms with Gasteiger partial charge in [0.05, 0.1) is 0 Å². The Bertz CT molecular complexity index is 384. The van der Waals surface area contributed by atoms with Crippen molar-refractivity contribution in [3.8, 4) is 0 Å². The molecule has 0 aliphatic carbocycles. The normalized spacial score (nSPS) is 17.1. The number of benzene rings is 1. The van der Waals surface area contributed by atoms with Gasteiger partial charge in [0, 0.05) is 30.3 Å². The van der Waals surface area contributed by atoms with Gasteiger partial charge in [0.15, 0.2) is 0 Å². The van der Waals surface area contributed by atoms with Gasteiger partial charge in [-0.1, -0.05) is 37.8 Å². The van der Waals surface area contributed by atoms with Crippen molar-refractivity contribution in [2.24, 2.45) is 0 Å². The van der Waals surface area contributed by atoms with Gasteiger partial charge in [-0.2, -0.15) is 0 Å². The van der Waals surface area contributed by atoms with Gasteiger partial charge >= 0.3 is 0 Å². The van der Waals surface area contributed by atoms with E-state index in [2.05, 4.69) is 29.3 Å². The first kappa shape index (κ1) is 14.7. The Labute approximate surface area is 122 Å². The summed E-state index contributed by atoms with van der Waals surface area (Å²) in [5, 5.41) is 4.25. The second kappa shape index (κ2) is 7.76. The molecule has 1 fully saturated rings. The fourth-order valence-electron chi connectivity index (χ4n) is 2.75. The standard InChI is InChI=1S/C16H25ClN2/c1-2-18-13-14-12-15(17)8-9-16(14)19-10-6-4-3-5-7-11-19/h8-9,12,18H,2-7,10-11,13H2,1H3. The molecule has 0 amide bonds. The highest BCUT2D eigenvalue weighted by Gasteiger charge is 2.13. The van der Waals surface area contributed by atoms with Crippen LogP contribution in [0.2, 0.25) is 5.02 Å². The smallest absolute Gasteiger partial charge is 0.0412 e. The molecular formula is C16H25ClN2. The van der Waals surface area contributed by atoms with Crippen LogP contribution in [-0.4, -0.2) is 19.6 Å². The van der Waals surface area contributed by atoms with Crippen LogP contribution >= 0.6 is 11.6 Å². The van der Waals surface area contributed by atoms with E-state index in [0.717, 1.165) is 18.1 Å². The number of nitrogens with one attached hydrogen (secondary N) is 1. The quantitative estimate of drug-likeness (QED) is 0.888. The molecule has 106 valence electrons. The molecule has 19 heavy (non-hydrogen) atoms. The average Bonchev–Trinajstić information content (AvgIpc) is 2.37. The molecule has 1 saturated heterocycles. The van der Waals surface area contributed by atoms with E-state index >= 15 is 0 Å². The van der Waals surface area contributed by atoms with E-state index in [9.17, 15) is 0 Å². The fraction of sp³-hybridized carbons (Fsp3) is 0.625. The summed E-state index contributed by atoms with van der Waals surface area (Å²) in [5.74, 6) is 0. The van der Waals surface area contributed by atoms with Crippen molar-refractivity contribution in [3.63, 3.8) is 0 Å². The van der Waals surface area contributed by atoms with Crippen molar-refractivity contribution in [1.82, 2.24) is 5.32 Å². The first-order valence-electron chi connectivity index (χ1n) is 7.55. The van der Waals surface area contributed by atoms with Crippen LogP contribution in [0, 0.1) is 0 Å². The predicted molar refractivity (Wildman–Crippen MR) is 84.1 cm³/mol. The van der Waals surface area contributed by atoms with E-state index in [1.165, 1.54) is 56.4 Å². The highest BCUT2D eigenvalue weighted by Crippen LogP contribution is 2.26. The first-order valence-corrected chi connectivity index (χ1v) is 7.93. The maximum Gasteiger partial charge on any atom is 0.0412 e. The number of rotatable bonds is 4. The summed E-state index contributed by atoms with van der Waals surface area (Å²) in [6.45, 7) is 6.40. The summed E-state index contributed by atoms with van der Waals surface area (Å²) in [6.07, 6.45) is 6.75. The Balaban J connectivity index is 2.15. The summed E-state index contributed by atoms with van der Waals surface area (Å²) < 4.78 is 0. The molecule has 0 spiro atoms. The molecule has 0 radical (unpaired) electrons. The van der Waals surface area contributed by atoms with Crippen molar-refractivity contribution >= 4 is 17.3 Å². The Morgan fingerprint density at radius 1 is 1.11 bits per heavy atom. The molecule has 2 rings (SSSR count). The lowest BCUT2D eigenvalue weighted by atomic mass is 10.1. The van der Waals surface area contributed by atoms with Gasteiger partial charge in [-0.05, 0) is 43.1 Å². The maximum atomic E-state index is 6.15. The van der Waals surface area contributed by atoms with Crippen LogP contribution < -0.4 is 10.2 Å². The molecule has 2 nitrogen and oxygen atoms in total. The van der Waals surface area contributed by atoms with E-state index in [1.54, 1.807) is 0 Å². The van der Waals surface area contributed by atoms with Gasteiger partial charge in [-0.25, -0.2) is 0 Å². The van der Waals surface area contributed by atoms with Gasteiger partial charge in [0.2, 0.25) is 0 Å². The Hall–Kier alpha value is -0.730. The van der Waals surface area contributed by atoms with Gasteiger partial charge < -0.3 is 10.2 Å². The van der Waals surface area contributed by atoms with Crippen molar-refractivity contribution in [2.45, 2.75) is 45.6 Å². The Kier molecular flexibility index (Phi) is 5.99. The zero-order valence-electron chi connectivity index (χ0n) is 11.9. The van der Waals surface area contributed by atoms with E-state index in [0.29, 0.717) is 0 Å². The third-order valence-corrected chi connectivity index (χ3v) is 4.04. The van der Waals surface area contributed by atoms with Crippen LogP contribution in [0.25, 0.3) is 0 Å². The highest BCUT2D eigenvalue weighted by molar-refractivity contribution is 6.30. The molecule has 1 aliphatic heterocycles. The number of hydrogen-bond acceptors (Lipinski definition) is 2. The zero-order chi connectivity index (χ0) is 13.5. The number of nitrogens with zero attached hydrogens (tertiary/aromatic N) is 1. The van der Waals surface area contributed by atoms with Crippen molar-refractivity contribution in [1.29, 1.82) is 0 Å². The van der Waals surface area contributed by atoms with Crippen LogP contribution in [0.1, 0.15) is 44.6 Å². The number of halogens is 1. The van der Waals surface area contributed by atoms with E-state index in [1.807, 2.05) is 6.07 Å². The molecule has 0 atom stereocenters. The van der Waals surface area contributed by atoms with Crippen LogP contribution in [-0.2, 0) is 6.54 Å². The van der Waals surface area contributed by atoms with Gasteiger partial charge in [0.1, 0.15) is 0 Å². The van der Waals surface area contributed by atoms with Crippen molar-refractivity contribution < 1.29 is 0 Å². The second-order valence-corrected chi connectivity index (χ2v) is 5.74.